The van der Waals surface area contributed by atoms with E-state index in [1.165, 1.54) is 6.07 Å². The van der Waals surface area contributed by atoms with Crippen LogP contribution in [-0.4, -0.2) is 34.8 Å². The van der Waals surface area contributed by atoms with Crippen LogP contribution in [0, 0.1) is 13.8 Å². The molecule has 3 rings (SSSR count). The van der Waals surface area contributed by atoms with Crippen LogP contribution < -0.4 is 4.72 Å². The summed E-state index contributed by atoms with van der Waals surface area (Å²) in [5, 5.41) is -0.458. The van der Waals surface area contributed by atoms with Gasteiger partial charge in [0.1, 0.15) is 0 Å². The van der Waals surface area contributed by atoms with Gasteiger partial charge in [-0.05, 0) is 44.0 Å². The van der Waals surface area contributed by atoms with Gasteiger partial charge in [0.2, 0.25) is 0 Å². The lowest BCUT2D eigenvalue weighted by atomic mass is 10.2. The maximum Gasteiger partial charge on any atom is 0.417 e. The van der Waals surface area contributed by atoms with Crippen molar-refractivity contribution in [1.29, 1.82) is 0 Å². The quantitative estimate of drug-likeness (QED) is 0.447. The van der Waals surface area contributed by atoms with Crippen molar-refractivity contribution in [2.45, 2.75) is 37.3 Å². The minimum absolute atomic E-state index is 0.0401. The topological polar surface area (TPSA) is 48.1 Å². The molecule has 0 atom stereocenters. The number of alkyl halides is 5. The molecule has 4 nitrogen and oxygen atoms in total. The van der Waals surface area contributed by atoms with Crippen molar-refractivity contribution in [1.82, 2.24) is 9.88 Å². The van der Waals surface area contributed by atoms with Crippen LogP contribution in [-0.2, 0) is 6.18 Å². The molecule has 0 radical (unpaired) electrons. The maximum atomic E-state index is 13.5. The summed E-state index contributed by atoms with van der Waals surface area (Å²) in [4.78, 5) is 17.4. The van der Waals surface area contributed by atoms with Crippen LogP contribution in [0.1, 0.15) is 33.7 Å². The van der Waals surface area contributed by atoms with Gasteiger partial charge in [-0.1, -0.05) is 11.6 Å². The molecule has 1 aliphatic heterocycles. The Labute approximate surface area is 172 Å². The lowest BCUT2D eigenvalue weighted by Crippen LogP contribution is -2.31. The summed E-state index contributed by atoms with van der Waals surface area (Å²) in [6, 6.07) is 3.21. The highest BCUT2D eigenvalue weighted by Gasteiger charge is 2.41. The molecule has 0 spiro atoms. The van der Waals surface area contributed by atoms with E-state index in [0.717, 1.165) is 29.0 Å². The van der Waals surface area contributed by atoms with Crippen molar-refractivity contribution in [3.05, 3.63) is 45.7 Å². The van der Waals surface area contributed by atoms with Gasteiger partial charge in [-0.15, -0.1) is 0 Å². The second-order valence-electron chi connectivity index (χ2n) is 6.81. The molecule has 1 fully saturated rings. The van der Waals surface area contributed by atoms with E-state index in [-0.39, 0.29) is 18.5 Å². The van der Waals surface area contributed by atoms with Gasteiger partial charge in [0.15, 0.2) is 0 Å². The highest BCUT2D eigenvalue weighted by Crippen LogP contribution is 2.38. The van der Waals surface area contributed by atoms with Gasteiger partial charge in [-0.25, -0.2) is 8.78 Å². The second-order valence-corrected chi connectivity index (χ2v) is 8.03. The van der Waals surface area contributed by atoms with Crippen LogP contribution >= 0.6 is 23.5 Å². The predicted molar refractivity (Wildman–Crippen MR) is 102 cm³/mol. The first-order valence-electron chi connectivity index (χ1n) is 8.55. The Morgan fingerprint density at radius 1 is 1.28 bits per heavy atom. The summed E-state index contributed by atoms with van der Waals surface area (Å²) in [5.74, 6) is -3.42. The van der Waals surface area contributed by atoms with E-state index in [1.54, 1.807) is 13.8 Å². The minimum Gasteiger partial charge on any atom is -0.361 e. The average Bonchev–Trinajstić information content (AvgIpc) is 3.09. The molecular formula is C18H17ClF5N3OS. The molecule has 2 N–H and O–H groups in total. The standard InChI is InChI=1S/C18H17ClF5N3OS/c1-9-14(16(28)27-6-5-17(20,21)8-27)15(10(2)25-9)29-26-11-3-4-12(13(19)7-11)18(22,23)24/h3-4,7,25-26H,5-6,8H2,1-2H3. The van der Waals surface area contributed by atoms with Crippen LogP contribution in [0.25, 0.3) is 0 Å². The molecule has 0 bridgehead atoms. The van der Waals surface area contributed by atoms with E-state index >= 15 is 0 Å². The fourth-order valence-electron chi connectivity index (χ4n) is 3.13. The molecule has 1 amide bonds. The van der Waals surface area contributed by atoms with Crippen LogP contribution in [0.4, 0.5) is 27.6 Å². The number of halogens is 6. The predicted octanol–water partition coefficient (Wildman–Crippen LogP) is 5.90. The number of carbonyl (C=O) groups is 1. The zero-order valence-electron chi connectivity index (χ0n) is 15.4. The number of nitrogens with zero attached hydrogens (tertiary/aromatic N) is 1. The molecule has 29 heavy (non-hydrogen) atoms. The van der Waals surface area contributed by atoms with E-state index in [1.807, 2.05) is 0 Å². The number of benzene rings is 1. The monoisotopic (exact) mass is 453 g/mol. The Bertz CT molecular complexity index is 944. The summed E-state index contributed by atoms with van der Waals surface area (Å²) in [5.41, 5.74) is 0.770. The molecule has 1 saturated heterocycles. The summed E-state index contributed by atoms with van der Waals surface area (Å²) >= 11 is 6.72. The van der Waals surface area contributed by atoms with Crippen molar-refractivity contribution in [2.75, 3.05) is 17.8 Å². The lowest BCUT2D eigenvalue weighted by molar-refractivity contribution is -0.137. The van der Waals surface area contributed by atoms with Crippen molar-refractivity contribution >= 4 is 35.1 Å². The largest absolute Gasteiger partial charge is 0.417 e. The maximum absolute atomic E-state index is 13.5. The Hall–Kier alpha value is -1.94. The fourth-order valence-corrected chi connectivity index (χ4v) is 4.31. The normalized spacial score (nSPS) is 16.3. The third-order valence-electron chi connectivity index (χ3n) is 4.53. The van der Waals surface area contributed by atoms with Crippen molar-refractivity contribution < 1.29 is 26.7 Å². The number of amides is 1. The number of H-pyrrole nitrogens is 1. The Kier molecular flexibility index (Phi) is 5.79. The molecule has 158 valence electrons. The molecular weight excluding hydrogens is 437 g/mol. The smallest absolute Gasteiger partial charge is 0.361 e. The number of likely N-dealkylation sites (tertiary alicyclic amines) is 1. The molecule has 0 aliphatic carbocycles. The Balaban J connectivity index is 1.80. The molecule has 1 aliphatic rings. The van der Waals surface area contributed by atoms with Crippen molar-refractivity contribution in [3.8, 4) is 0 Å². The molecule has 0 saturated carbocycles. The number of nitrogens with one attached hydrogen (secondary N) is 2. The molecule has 1 aromatic heterocycles. The number of hydrogen-bond acceptors (Lipinski definition) is 3. The summed E-state index contributed by atoms with van der Waals surface area (Å²) in [6.07, 6.45) is -4.94. The first-order chi connectivity index (χ1) is 13.4. The zero-order chi connectivity index (χ0) is 21.6. The SMILES string of the molecule is Cc1[nH]c(C)c(C(=O)N2CCC(F)(F)C2)c1SNc1ccc(C(F)(F)F)c(Cl)c1. The van der Waals surface area contributed by atoms with Gasteiger partial charge in [0, 0.05) is 30.0 Å². The number of aromatic amines is 1. The highest BCUT2D eigenvalue weighted by molar-refractivity contribution is 8.00. The van der Waals surface area contributed by atoms with Gasteiger partial charge in [0.25, 0.3) is 11.8 Å². The van der Waals surface area contributed by atoms with Crippen molar-refractivity contribution in [3.63, 3.8) is 0 Å². The van der Waals surface area contributed by atoms with Gasteiger partial charge < -0.3 is 14.6 Å². The molecule has 1 aromatic carbocycles. The van der Waals surface area contributed by atoms with E-state index in [0.29, 0.717) is 22.0 Å². The first-order valence-corrected chi connectivity index (χ1v) is 9.74. The average molecular weight is 454 g/mol. The second kappa shape index (κ2) is 7.71. The fraction of sp³-hybridized carbons (Fsp3) is 0.389. The third-order valence-corrected chi connectivity index (χ3v) is 5.90. The van der Waals surface area contributed by atoms with Gasteiger partial charge in [0.05, 0.1) is 27.6 Å². The van der Waals surface area contributed by atoms with E-state index in [9.17, 15) is 26.7 Å². The number of hydrogen-bond donors (Lipinski definition) is 2. The molecule has 2 aromatic rings. The van der Waals surface area contributed by atoms with E-state index in [4.69, 9.17) is 11.6 Å². The minimum atomic E-state index is -4.56. The van der Waals surface area contributed by atoms with Gasteiger partial charge >= 0.3 is 6.18 Å². The van der Waals surface area contributed by atoms with Gasteiger partial charge in [-0.3, -0.25) is 4.79 Å². The summed E-state index contributed by atoms with van der Waals surface area (Å²) in [6.45, 7) is 2.70. The van der Waals surface area contributed by atoms with Crippen LogP contribution in [0.2, 0.25) is 5.02 Å². The molecule has 0 unspecified atom stereocenters. The molecule has 2 heterocycles. The van der Waals surface area contributed by atoms with Gasteiger partial charge in [-0.2, -0.15) is 13.2 Å². The first kappa shape index (κ1) is 21.8. The highest BCUT2D eigenvalue weighted by atomic mass is 35.5. The molecule has 11 heteroatoms. The number of aromatic nitrogens is 1. The number of anilines is 1. The Morgan fingerprint density at radius 3 is 2.52 bits per heavy atom. The Morgan fingerprint density at radius 2 is 1.97 bits per heavy atom. The van der Waals surface area contributed by atoms with E-state index < -0.39 is 35.1 Å². The lowest BCUT2D eigenvalue weighted by Gasteiger charge is -2.17. The van der Waals surface area contributed by atoms with Crippen molar-refractivity contribution in [2.24, 2.45) is 0 Å². The van der Waals surface area contributed by atoms with Crippen LogP contribution in [0.15, 0.2) is 23.1 Å². The van der Waals surface area contributed by atoms with E-state index in [2.05, 4.69) is 9.71 Å². The summed E-state index contributed by atoms with van der Waals surface area (Å²) in [7, 11) is 0. The third kappa shape index (κ3) is 4.63. The number of aryl methyl sites for hydroxylation is 2. The summed E-state index contributed by atoms with van der Waals surface area (Å²) < 4.78 is 68.3. The number of rotatable bonds is 4. The van der Waals surface area contributed by atoms with Crippen LogP contribution in [0.5, 0.6) is 0 Å². The zero-order valence-corrected chi connectivity index (χ0v) is 17.0. The number of carbonyl (C=O) groups excluding carboxylic acids is 1. The van der Waals surface area contributed by atoms with Crippen LogP contribution in [0.3, 0.4) is 0 Å².